The van der Waals surface area contributed by atoms with Crippen molar-refractivity contribution in [1.82, 2.24) is 4.90 Å². The number of hydrogen-bond donors (Lipinski definition) is 1. The zero-order chi connectivity index (χ0) is 13.7. The van der Waals surface area contributed by atoms with Gasteiger partial charge in [0.15, 0.2) is 0 Å². The first-order valence-electron chi connectivity index (χ1n) is 6.84. The topological polar surface area (TPSA) is 46.3 Å². The Hall–Kier alpha value is -0.520. The maximum atomic E-state index is 12.3. The van der Waals surface area contributed by atoms with Gasteiger partial charge in [-0.15, -0.1) is 11.3 Å². The molecule has 2 rings (SSSR count). The third-order valence-corrected chi connectivity index (χ3v) is 5.34. The lowest BCUT2D eigenvalue weighted by molar-refractivity contribution is -0.129. The van der Waals surface area contributed by atoms with Crippen LogP contribution in [0.3, 0.4) is 0 Å². The number of likely N-dealkylation sites (tertiary alicyclic amines) is 1. The van der Waals surface area contributed by atoms with Crippen LogP contribution in [0.25, 0.3) is 0 Å². The molecule has 1 aliphatic heterocycles. The third-order valence-electron chi connectivity index (χ3n) is 3.39. The average molecular weight is 298 g/mol. The molecule has 0 aromatic carbocycles. The molecule has 2 heterocycles. The van der Waals surface area contributed by atoms with E-state index >= 15 is 0 Å². The summed E-state index contributed by atoms with van der Waals surface area (Å²) in [6.07, 6.45) is 3.21. The largest absolute Gasteiger partial charge is 0.334 e. The van der Waals surface area contributed by atoms with Gasteiger partial charge in [-0.2, -0.15) is 11.8 Å². The van der Waals surface area contributed by atoms with Crippen molar-refractivity contribution < 1.29 is 4.79 Å². The minimum absolute atomic E-state index is 0.230. The van der Waals surface area contributed by atoms with Gasteiger partial charge in [0, 0.05) is 17.5 Å². The van der Waals surface area contributed by atoms with E-state index in [0.717, 1.165) is 31.6 Å². The molecule has 2 N–H and O–H groups in total. The Balaban J connectivity index is 1.81. The molecule has 1 amide bonds. The van der Waals surface area contributed by atoms with Crippen LogP contribution in [-0.2, 0) is 4.79 Å². The number of amides is 1. The fourth-order valence-corrected chi connectivity index (χ4v) is 4.25. The van der Waals surface area contributed by atoms with Crippen molar-refractivity contribution in [2.45, 2.75) is 38.3 Å². The Kier molecular flexibility index (Phi) is 5.73. The van der Waals surface area contributed by atoms with E-state index in [1.165, 1.54) is 4.88 Å². The van der Waals surface area contributed by atoms with Gasteiger partial charge in [-0.3, -0.25) is 4.79 Å². The number of hydrogen-bond acceptors (Lipinski definition) is 4. The minimum atomic E-state index is 0.230. The van der Waals surface area contributed by atoms with Crippen LogP contribution in [0.2, 0.25) is 0 Å². The molecular weight excluding hydrogens is 276 g/mol. The first-order valence-corrected chi connectivity index (χ1v) is 8.88. The summed E-state index contributed by atoms with van der Waals surface area (Å²) in [6.45, 7) is 2.92. The third kappa shape index (κ3) is 4.23. The molecule has 0 aliphatic carbocycles. The number of thiophene rings is 1. The predicted octanol–water partition coefficient (Wildman–Crippen LogP) is 2.88. The molecule has 1 saturated heterocycles. The van der Waals surface area contributed by atoms with Gasteiger partial charge in [0.25, 0.3) is 0 Å². The van der Waals surface area contributed by atoms with Crippen LogP contribution in [0.15, 0.2) is 17.5 Å². The van der Waals surface area contributed by atoms with Gasteiger partial charge in [-0.05, 0) is 43.4 Å². The van der Waals surface area contributed by atoms with Crippen molar-refractivity contribution in [1.29, 1.82) is 0 Å². The van der Waals surface area contributed by atoms with Crippen LogP contribution >= 0.6 is 23.1 Å². The van der Waals surface area contributed by atoms with Gasteiger partial charge in [0.2, 0.25) is 5.91 Å². The van der Waals surface area contributed by atoms with Crippen molar-refractivity contribution >= 4 is 29.0 Å². The van der Waals surface area contributed by atoms with Gasteiger partial charge in [-0.1, -0.05) is 6.07 Å². The van der Waals surface area contributed by atoms with E-state index in [1.807, 2.05) is 6.92 Å². The summed E-state index contributed by atoms with van der Waals surface area (Å²) in [5.41, 5.74) is 5.71. The number of nitrogens with zero attached hydrogens (tertiary/aromatic N) is 1. The van der Waals surface area contributed by atoms with Gasteiger partial charge in [-0.25, -0.2) is 0 Å². The van der Waals surface area contributed by atoms with Crippen molar-refractivity contribution in [3.63, 3.8) is 0 Å². The summed E-state index contributed by atoms with van der Waals surface area (Å²) in [7, 11) is 0. The fraction of sp³-hybridized carbons (Fsp3) is 0.643. The highest BCUT2D eigenvalue weighted by molar-refractivity contribution is 7.99. The SMILES string of the molecule is CC(N)CCSCC(=O)N1CCCC1c1cccs1. The lowest BCUT2D eigenvalue weighted by Crippen LogP contribution is -2.31. The molecule has 1 aromatic heterocycles. The zero-order valence-electron chi connectivity index (χ0n) is 11.4. The molecule has 1 fully saturated rings. The lowest BCUT2D eigenvalue weighted by Gasteiger charge is -2.23. The number of nitrogens with two attached hydrogens (primary N) is 1. The van der Waals surface area contributed by atoms with Crippen molar-refractivity contribution in [3.05, 3.63) is 22.4 Å². The molecule has 0 bridgehead atoms. The summed E-state index contributed by atoms with van der Waals surface area (Å²) in [6, 6.07) is 4.76. The van der Waals surface area contributed by atoms with Gasteiger partial charge in [0.05, 0.1) is 11.8 Å². The first-order chi connectivity index (χ1) is 9.18. The summed E-state index contributed by atoms with van der Waals surface area (Å²) < 4.78 is 0. The van der Waals surface area contributed by atoms with Crippen molar-refractivity contribution in [2.24, 2.45) is 5.73 Å². The van der Waals surface area contributed by atoms with E-state index in [1.54, 1.807) is 23.1 Å². The Morgan fingerprint density at radius 1 is 1.68 bits per heavy atom. The molecule has 1 aromatic rings. The number of carbonyl (C=O) groups is 1. The number of thioether (sulfide) groups is 1. The van der Waals surface area contributed by atoms with Crippen LogP contribution in [0.5, 0.6) is 0 Å². The van der Waals surface area contributed by atoms with Crippen LogP contribution in [-0.4, -0.2) is 34.9 Å². The second-order valence-electron chi connectivity index (χ2n) is 5.08. The molecule has 0 radical (unpaired) electrons. The predicted molar refractivity (Wildman–Crippen MR) is 83.6 cm³/mol. The Morgan fingerprint density at radius 3 is 3.21 bits per heavy atom. The highest BCUT2D eigenvalue weighted by atomic mass is 32.2. The smallest absolute Gasteiger partial charge is 0.233 e. The van der Waals surface area contributed by atoms with Gasteiger partial charge >= 0.3 is 0 Å². The standard InChI is InChI=1S/C14H22N2OS2/c1-11(15)6-9-18-10-14(17)16-7-2-4-12(16)13-5-3-8-19-13/h3,5,8,11-12H,2,4,6-7,9-10,15H2,1H3. The Bertz CT molecular complexity index is 392. The molecule has 5 heteroatoms. The first kappa shape index (κ1) is 14.9. The fourth-order valence-electron chi connectivity index (χ4n) is 2.35. The van der Waals surface area contributed by atoms with Crippen LogP contribution in [0.1, 0.15) is 37.1 Å². The van der Waals surface area contributed by atoms with Crippen LogP contribution in [0, 0.1) is 0 Å². The second-order valence-corrected chi connectivity index (χ2v) is 7.16. The summed E-state index contributed by atoms with van der Waals surface area (Å²) in [4.78, 5) is 15.7. The summed E-state index contributed by atoms with van der Waals surface area (Å²) in [5, 5.41) is 2.09. The zero-order valence-corrected chi connectivity index (χ0v) is 13.0. The Morgan fingerprint density at radius 2 is 2.53 bits per heavy atom. The molecule has 106 valence electrons. The highest BCUT2D eigenvalue weighted by Gasteiger charge is 2.30. The maximum Gasteiger partial charge on any atom is 0.233 e. The van der Waals surface area contributed by atoms with E-state index in [4.69, 9.17) is 5.73 Å². The molecule has 19 heavy (non-hydrogen) atoms. The molecule has 2 unspecified atom stereocenters. The van der Waals surface area contributed by atoms with E-state index in [2.05, 4.69) is 22.4 Å². The van der Waals surface area contributed by atoms with Crippen molar-refractivity contribution in [2.75, 3.05) is 18.1 Å². The van der Waals surface area contributed by atoms with Gasteiger partial charge < -0.3 is 10.6 Å². The van der Waals surface area contributed by atoms with E-state index in [0.29, 0.717) is 11.8 Å². The van der Waals surface area contributed by atoms with E-state index in [-0.39, 0.29) is 11.9 Å². The minimum Gasteiger partial charge on any atom is -0.334 e. The lowest BCUT2D eigenvalue weighted by atomic mass is 10.2. The maximum absolute atomic E-state index is 12.3. The van der Waals surface area contributed by atoms with Crippen LogP contribution in [0.4, 0.5) is 0 Å². The molecule has 2 atom stereocenters. The quantitative estimate of drug-likeness (QED) is 0.821. The monoisotopic (exact) mass is 298 g/mol. The molecule has 0 saturated carbocycles. The highest BCUT2D eigenvalue weighted by Crippen LogP contribution is 2.34. The molecular formula is C14H22N2OS2. The average Bonchev–Trinajstić information content (AvgIpc) is 3.02. The number of carbonyl (C=O) groups excluding carboxylic acids is 1. The second kappa shape index (κ2) is 7.31. The van der Waals surface area contributed by atoms with Gasteiger partial charge in [0.1, 0.15) is 0 Å². The van der Waals surface area contributed by atoms with E-state index in [9.17, 15) is 4.79 Å². The number of rotatable bonds is 6. The molecule has 0 spiro atoms. The summed E-state index contributed by atoms with van der Waals surface area (Å²) in [5.74, 6) is 1.85. The molecule has 3 nitrogen and oxygen atoms in total. The van der Waals surface area contributed by atoms with Crippen molar-refractivity contribution in [3.8, 4) is 0 Å². The van der Waals surface area contributed by atoms with Crippen LogP contribution < -0.4 is 5.73 Å². The van der Waals surface area contributed by atoms with E-state index < -0.39 is 0 Å². The molecule has 1 aliphatic rings. The summed E-state index contributed by atoms with van der Waals surface area (Å²) >= 11 is 3.46. The Labute approximate surface area is 123 Å². The normalized spacial score (nSPS) is 20.7.